The maximum atomic E-state index is 4.39. The Morgan fingerprint density at radius 1 is 1.28 bits per heavy atom. The monoisotopic (exact) mass is 459 g/mol. The molecule has 0 aliphatic carbocycles. The Morgan fingerprint density at radius 2 is 1.96 bits per heavy atom. The molecule has 1 aliphatic rings. The number of para-hydroxylation sites is 1. The van der Waals surface area contributed by atoms with Crippen molar-refractivity contribution in [3.63, 3.8) is 0 Å². The molecule has 0 amide bonds. The number of likely N-dealkylation sites (N-methyl/N-ethyl adjacent to an activating group) is 1. The maximum Gasteiger partial charge on any atom is 0.191 e. The van der Waals surface area contributed by atoms with Crippen LogP contribution in [0.3, 0.4) is 0 Å². The van der Waals surface area contributed by atoms with Gasteiger partial charge in [0.25, 0.3) is 0 Å². The van der Waals surface area contributed by atoms with Gasteiger partial charge in [0.05, 0.1) is 0 Å². The average Bonchev–Trinajstić information content (AvgIpc) is 3.09. The summed E-state index contributed by atoms with van der Waals surface area (Å²) >= 11 is 0. The highest BCUT2D eigenvalue weighted by Gasteiger charge is 2.23. The molecule has 2 atom stereocenters. The molecule has 0 radical (unpaired) electrons. The minimum absolute atomic E-state index is 0. The second-order valence-corrected chi connectivity index (χ2v) is 6.43. The molecular weight excluding hydrogens is 425 g/mol. The lowest BCUT2D eigenvalue weighted by Gasteiger charge is -2.27. The fraction of sp³-hybridized carbons (Fsp3) is 0.632. The van der Waals surface area contributed by atoms with Gasteiger partial charge in [-0.15, -0.1) is 24.0 Å². The van der Waals surface area contributed by atoms with Gasteiger partial charge in [-0.1, -0.05) is 32.0 Å². The summed E-state index contributed by atoms with van der Waals surface area (Å²) in [5.74, 6) is 0.911. The SMILES string of the molecule is CCN(CC)C(C)CNC(=NC)NC1CCN(c2ccccc2)C1.I. The van der Waals surface area contributed by atoms with E-state index in [0.29, 0.717) is 12.1 Å². The Labute approximate surface area is 170 Å². The van der Waals surface area contributed by atoms with E-state index in [1.165, 1.54) is 5.69 Å². The van der Waals surface area contributed by atoms with Gasteiger partial charge in [0.1, 0.15) is 0 Å². The van der Waals surface area contributed by atoms with Crippen molar-refractivity contribution in [1.29, 1.82) is 0 Å². The van der Waals surface area contributed by atoms with E-state index in [9.17, 15) is 0 Å². The predicted octanol–water partition coefficient (Wildman–Crippen LogP) is 2.78. The second kappa shape index (κ2) is 11.6. The number of halogens is 1. The van der Waals surface area contributed by atoms with Crippen molar-refractivity contribution in [3.8, 4) is 0 Å². The molecule has 0 spiro atoms. The van der Waals surface area contributed by atoms with Gasteiger partial charge >= 0.3 is 0 Å². The van der Waals surface area contributed by atoms with Crippen LogP contribution in [0, 0.1) is 0 Å². The quantitative estimate of drug-likeness (QED) is 0.374. The summed E-state index contributed by atoms with van der Waals surface area (Å²) in [5, 5.41) is 7.05. The van der Waals surface area contributed by atoms with E-state index in [1.54, 1.807) is 0 Å². The number of benzene rings is 1. The van der Waals surface area contributed by atoms with Crippen LogP contribution in [0.2, 0.25) is 0 Å². The molecule has 0 bridgehead atoms. The number of hydrogen-bond acceptors (Lipinski definition) is 3. The minimum atomic E-state index is 0. The lowest BCUT2D eigenvalue weighted by Crippen LogP contribution is -2.49. The van der Waals surface area contributed by atoms with E-state index in [-0.39, 0.29) is 24.0 Å². The molecule has 25 heavy (non-hydrogen) atoms. The van der Waals surface area contributed by atoms with E-state index < -0.39 is 0 Å². The Morgan fingerprint density at radius 3 is 2.56 bits per heavy atom. The molecule has 142 valence electrons. The van der Waals surface area contributed by atoms with E-state index in [0.717, 1.165) is 45.1 Å². The van der Waals surface area contributed by atoms with Crippen molar-refractivity contribution in [2.75, 3.05) is 44.7 Å². The molecule has 2 unspecified atom stereocenters. The highest BCUT2D eigenvalue weighted by atomic mass is 127. The van der Waals surface area contributed by atoms with Gasteiger partial charge in [-0.2, -0.15) is 0 Å². The highest BCUT2D eigenvalue weighted by Crippen LogP contribution is 2.19. The second-order valence-electron chi connectivity index (χ2n) is 6.43. The van der Waals surface area contributed by atoms with Gasteiger partial charge < -0.3 is 15.5 Å². The zero-order chi connectivity index (χ0) is 17.4. The van der Waals surface area contributed by atoms with Gasteiger partial charge in [0, 0.05) is 44.5 Å². The van der Waals surface area contributed by atoms with E-state index in [2.05, 4.69) is 76.5 Å². The first-order chi connectivity index (χ1) is 11.7. The van der Waals surface area contributed by atoms with Crippen molar-refractivity contribution in [2.45, 2.75) is 39.3 Å². The van der Waals surface area contributed by atoms with Crippen LogP contribution in [0.5, 0.6) is 0 Å². The Hall–Kier alpha value is -1.02. The Balaban J connectivity index is 0.00000312. The van der Waals surface area contributed by atoms with Gasteiger partial charge in [0.2, 0.25) is 0 Å². The topological polar surface area (TPSA) is 42.9 Å². The predicted molar refractivity (Wildman–Crippen MR) is 119 cm³/mol. The summed E-state index contributed by atoms with van der Waals surface area (Å²) in [4.78, 5) is 9.28. The molecule has 1 fully saturated rings. The fourth-order valence-electron chi connectivity index (χ4n) is 3.36. The van der Waals surface area contributed by atoms with Crippen LogP contribution in [-0.4, -0.2) is 62.7 Å². The Bertz CT molecular complexity index is 504. The van der Waals surface area contributed by atoms with Crippen LogP contribution < -0.4 is 15.5 Å². The molecule has 5 nitrogen and oxygen atoms in total. The van der Waals surface area contributed by atoms with Crippen LogP contribution in [-0.2, 0) is 0 Å². The van der Waals surface area contributed by atoms with Gasteiger partial charge in [0.15, 0.2) is 5.96 Å². The maximum absolute atomic E-state index is 4.39. The summed E-state index contributed by atoms with van der Waals surface area (Å²) in [6, 6.07) is 11.6. The average molecular weight is 459 g/mol. The molecule has 2 rings (SSSR count). The molecule has 2 N–H and O–H groups in total. The lowest BCUT2D eigenvalue weighted by atomic mass is 10.2. The number of nitrogens with zero attached hydrogens (tertiary/aromatic N) is 3. The molecule has 1 saturated heterocycles. The third-order valence-corrected chi connectivity index (χ3v) is 4.87. The lowest BCUT2D eigenvalue weighted by molar-refractivity contribution is 0.231. The summed E-state index contributed by atoms with van der Waals surface area (Å²) < 4.78 is 0. The molecule has 1 aromatic carbocycles. The number of nitrogens with one attached hydrogen (secondary N) is 2. The Kier molecular flexibility index (Phi) is 10.2. The van der Waals surface area contributed by atoms with E-state index in [1.807, 2.05) is 7.05 Å². The minimum Gasteiger partial charge on any atom is -0.369 e. The van der Waals surface area contributed by atoms with Gasteiger partial charge in [-0.25, -0.2) is 0 Å². The third kappa shape index (κ3) is 6.66. The number of guanidine groups is 1. The van der Waals surface area contributed by atoms with Crippen molar-refractivity contribution >= 4 is 35.6 Å². The van der Waals surface area contributed by atoms with Crippen molar-refractivity contribution in [3.05, 3.63) is 30.3 Å². The third-order valence-electron chi connectivity index (χ3n) is 4.87. The molecule has 1 heterocycles. The first kappa shape index (κ1) is 22.0. The van der Waals surface area contributed by atoms with Gasteiger partial charge in [-0.05, 0) is 38.6 Å². The molecule has 0 saturated carbocycles. The van der Waals surface area contributed by atoms with Crippen LogP contribution in [0.1, 0.15) is 27.2 Å². The summed E-state index contributed by atoms with van der Waals surface area (Å²) in [6.07, 6.45) is 1.14. The van der Waals surface area contributed by atoms with Crippen LogP contribution in [0.4, 0.5) is 5.69 Å². The normalized spacial score (nSPS) is 18.8. The van der Waals surface area contributed by atoms with Crippen molar-refractivity contribution < 1.29 is 0 Å². The number of anilines is 1. The zero-order valence-corrected chi connectivity index (χ0v) is 18.4. The van der Waals surface area contributed by atoms with E-state index in [4.69, 9.17) is 0 Å². The number of rotatable bonds is 7. The van der Waals surface area contributed by atoms with Crippen molar-refractivity contribution in [2.24, 2.45) is 4.99 Å². The molecule has 1 aromatic rings. The fourth-order valence-corrected chi connectivity index (χ4v) is 3.36. The summed E-state index contributed by atoms with van der Waals surface area (Å²) in [5.41, 5.74) is 1.31. The standard InChI is InChI=1S/C19H33N5.HI/c1-5-23(6-2)16(3)14-21-19(20-4)22-17-12-13-24(15-17)18-10-8-7-9-11-18;/h7-11,16-17H,5-6,12-15H2,1-4H3,(H2,20,21,22);1H. The highest BCUT2D eigenvalue weighted by molar-refractivity contribution is 14.0. The molecule has 1 aliphatic heterocycles. The number of aliphatic imine (C=N–C) groups is 1. The first-order valence-corrected chi connectivity index (χ1v) is 9.19. The van der Waals surface area contributed by atoms with Gasteiger partial charge in [-0.3, -0.25) is 9.89 Å². The first-order valence-electron chi connectivity index (χ1n) is 9.19. The molecular formula is C19H34IN5. The number of hydrogen-bond donors (Lipinski definition) is 2. The van der Waals surface area contributed by atoms with E-state index >= 15 is 0 Å². The smallest absolute Gasteiger partial charge is 0.191 e. The van der Waals surface area contributed by atoms with Crippen molar-refractivity contribution in [1.82, 2.24) is 15.5 Å². The molecule has 0 aromatic heterocycles. The summed E-state index contributed by atoms with van der Waals surface area (Å²) in [7, 11) is 1.85. The van der Waals surface area contributed by atoms with Crippen LogP contribution >= 0.6 is 24.0 Å². The largest absolute Gasteiger partial charge is 0.369 e. The zero-order valence-electron chi connectivity index (χ0n) is 16.0. The van der Waals surface area contributed by atoms with Crippen LogP contribution in [0.15, 0.2) is 35.3 Å². The van der Waals surface area contributed by atoms with Crippen LogP contribution in [0.25, 0.3) is 0 Å². The summed E-state index contributed by atoms with van der Waals surface area (Å²) in [6.45, 7) is 11.9. The molecule has 6 heteroatoms.